The Hall–Kier alpha value is -2.33. The fraction of sp³-hybridized carbons (Fsp3) is 0.438. The summed E-state index contributed by atoms with van der Waals surface area (Å²) in [4.78, 5) is 37.8. The first kappa shape index (κ1) is 18.5. The lowest BCUT2D eigenvalue weighted by molar-refractivity contribution is -0.145. The number of piperazine rings is 1. The summed E-state index contributed by atoms with van der Waals surface area (Å²) < 4.78 is 39.3. The molecular formula is C16H18FN3O5S. The minimum Gasteiger partial charge on any atom is -0.338 e. The van der Waals surface area contributed by atoms with E-state index in [4.69, 9.17) is 0 Å². The van der Waals surface area contributed by atoms with Crippen LogP contribution in [-0.2, 0) is 24.4 Å². The average molecular weight is 383 g/mol. The van der Waals surface area contributed by atoms with Gasteiger partial charge in [0.25, 0.3) is 0 Å². The van der Waals surface area contributed by atoms with Crippen molar-refractivity contribution in [1.82, 2.24) is 14.1 Å². The molecule has 3 rings (SSSR count). The van der Waals surface area contributed by atoms with Gasteiger partial charge in [0.15, 0.2) is 0 Å². The first-order valence-corrected chi connectivity index (χ1v) is 9.60. The lowest BCUT2D eigenvalue weighted by Crippen LogP contribution is -2.53. The third-order valence-electron chi connectivity index (χ3n) is 4.49. The zero-order chi connectivity index (χ0) is 18.9. The van der Waals surface area contributed by atoms with Crippen LogP contribution in [0.25, 0.3) is 0 Å². The van der Waals surface area contributed by atoms with E-state index in [9.17, 15) is 27.2 Å². The molecule has 0 aliphatic carbocycles. The highest BCUT2D eigenvalue weighted by Crippen LogP contribution is 2.18. The van der Waals surface area contributed by atoms with E-state index in [0.717, 1.165) is 17.0 Å². The largest absolute Gasteiger partial charge is 0.338 e. The van der Waals surface area contributed by atoms with E-state index in [1.165, 1.54) is 21.3 Å². The molecule has 0 radical (unpaired) electrons. The standard InChI is InChI=1S/C16H18FN3O5S/c17-12-1-3-13(4-2-12)26(24,25)19-9-7-18(8-10-19)16(23)11-20-14(21)5-6-15(20)22/h1-4H,5-11H2. The first-order chi connectivity index (χ1) is 12.3. The molecule has 0 N–H and O–H groups in total. The highest BCUT2D eigenvalue weighted by Gasteiger charge is 2.34. The number of likely N-dealkylation sites (tertiary alicyclic amines) is 1. The summed E-state index contributed by atoms with van der Waals surface area (Å²) in [5.74, 6) is -1.63. The number of nitrogens with zero attached hydrogens (tertiary/aromatic N) is 3. The van der Waals surface area contributed by atoms with Crippen molar-refractivity contribution in [3.63, 3.8) is 0 Å². The van der Waals surface area contributed by atoms with E-state index in [1.807, 2.05) is 0 Å². The molecule has 2 aliphatic heterocycles. The molecule has 26 heavy (non-hydrogen) atoms. The van der Waals surface area contributed by atoms with Crippen LogP contribution in [0.4, 0.5) is 4.39 Å². The smallest absolute Gasteiger partial charge is 0.243 e. The normalized spacial score (nSPS) is 19.3. The Kier molecular flexibility index (Phi) is 5.05. The van der Waals surface area contributed by atoms with Crippen LogP contribution in [0, 0.1) is 5.82 Å². The monoisotopic (exact) mass is 383 g/mol. The second-order valence-corrected chi connectivity index (χ2v) is 8.05. The number of imide groups is 1. The number of sulfonamides is 1. The fourth-order valence-corrected chi connectivity index (χ4v) is 4.39. The van der Waals surface area contributed by atoms with Crippen LogP contribution in [0.1, 0.15) is 12.8 Å². The molecule has 0 saturated carbocycles. The van der Waals surface area contributed by atoms with Gasteiger partial charge < -0.3 is 4.90 Å². The Morgan fingerprint density at radius 3 is 2.04 bits per heavy atom. The first-order valence-electron chi connectivity index (χ1n) is 8.16. The van der Waals surface area contributed by atoms with Crippen molar-refractivity contribution in [2.24, 2.45) is 0 Å². The van der Waals surface area contributed by atoms with Crippen LogP contribution in [0.15, 0.2) is 29.2 Å². The molecule has 3 amide bonds. The van der Waals surface area contributed by atoms with Crippen molar-refractivity contribution in [1.29, 1.82) is 0 Å². The van der Waals surface area contributed by atoms with Gasteiger partial charge in [-0.15, -0.1) is 0 Å². The van der Waals surface area contributed by atoms with Crippen LogP contribution < -0.4 is 0 Å². The molecule has 2 fully saturated rings. The average Bonchev–Trinajstić information content (AvgIpc) is 2.94. The third-order valence-corrected chi connectivity index (χ3v) is 6.40. The molecule has 2 saturated heterocycles. The Labute approximate surface area is 150 Å². The number of carbonyl (C=O) groups excluding carboxylic acids is 3. The topological polar surface area (TPSA) is 95.1 Å². The Morgan fingerprint density at radius 1 is 0.962 bits per heavy atom. The summed E-state index contributed by atoms with van der Waals surface area (Å²) in [6.07, 6.45) is 0.242. The molecule has 8 nitrogen and oxygen atoms in total. The molecule has 0 spiro atoms. The molecule has 1 aromatic carbocycles. The summed E-state index contributed by atoms with van der Waals surface area (Å²) in [6, 6.07) is 4.56. The predicted molar refractivity (Wildman–Crippen MR) is 87.7 cm³/mol. The highest BCUT2D eigenvalue weighted by atomic mass is 32.2. The molecule has 2 aliphatic rings. The van der Waals surface area contributed by atoms with Crippen molar-refractivity contribution in [2.45, 2.75) is 17.7 Å². The van der Waals surface area contributed by atoms with Crippen LogP contribution >= 0.6 is 0 Å². The molecule has 10 heteroatoms. The Bertz CT molecular complexity index is 816. The van der Waals surface area contributed by atoms with Gasteiger partial charge in [0, 0.05) is 39.0 Å². The highest BCUT2D eigenvalue weighted by molar-refractivity contribution is 7.89. The third kappa shape index (κ3) is 3.61. The van der Waals surface area contributed by atoms with E-state index in [2.05, 4.69) is 0 Å². The molecule has 0 unspecified atom stereocenters. The fourth-order valence-electron chi connectivity index (χ4n) is 2.97. The molecule has 0 atom stereocenters. The van der Waals surface area contributed by atoms with Crippen molar-refractivity contribution in [3.8, 4) is 0 Å². The molecule has 0 bridgehead atoms. The van der Waals surface area contributed by atoms with E-state index in [-0.39, 0.29) is 68.2 Å². The summed E-state index contributed by atoms with van der Waals surface area (Å²) in [5.41, 5.74) is 0. The van der Waals surface area contributed by atoms with Crippen molar-refractivity contribution in [2.75, 3.05) is 32.7 Å². The number of rotatable bonds is 4. The van der Waals surface area contributed by atoms with Crippen LogP contribution in [0.3, 0.4) is 0 Å². The van der Waals surface area contributed by atoms with Gasteiger partial charge in [-0.1, -0.05) is 0 Å². The Balaban J connectivity index is 1.60. The maximum absolute atomic E-state index is 13.0. The maximum Gasteiger partial charge on any atom is 0.243 e. The zero-order valence-electron chi connectivity index (χ0n) is 13.9. The maximum atomic E-state index is 13.0. The summed E-state index contributed by atoms with van der Waals surface area (Å²) >= 11 is 0. The van der Waals surface area contributed by atoms with Crippen molar-refractivity contribution >= 4 is 27.7 Å². The van der Waals surface area contributed by atoms with Gasteiger partial charge in [-0.2, -0.15) is 4.31 Å². The lowest BCUT2D eigenvalue weighted by atomic mass is 10.3. The van der Waals surface area contributed by atoms with Gasteiger partial charge in [-0.3, -0.25) is 19.3 Å². The van der Waals surface area contributed by atoms with Crippen LogP contribution in [0.5, 0.6) is 0 Å². The second-order valence-electron chi connectivity index (χ2n) is 6.11. The molecular weight excluding hydrogens is 365 g/mol. The van der Waals surface area contributed by atoms with Gasteiger partial charge in [-0.25, -0.2) is 12.8 Å². The van der Waals surface area contributed by atoms with Gasteiger partial charge in [-0.05, 0) is 24.3 Å². The quantitative estimate of drug-likeness (QED) is 0.672. The Morgan fingerprint density at radius 2 is 1.50 bits per heavy atom. The van der Waals surface area contributed by atoms with Gasteiger partial charge in [0.05, 0.1) is 4.90 Å². The summed E-state index contributed by atoms with van der Waals surface area (Å²) in [5, 5.41) is 0. The second kappa shape index (κ2) is 7.12. The van der Waals surface area contributed by atoms with Crippen LogP contribution in [-0.4, -0.2) is 73.0 Å². The number of halogens is 1. The minimum absolute atomic E-state index is 0.00747. The minimum atomic E-state index is -3.76. The number of amides is 3. The lowest BCUT2D eigenvalue weighted by Gasteiger charge is -2.34. The van der Waals surface area contributed by atoms with Gasteiger partial charge in [0.2, 0.25) is 27.7 Å². The van der Waals surface area contributed by atoms with Gasteiger partial charge in [0.1, 0.15) is 12.4 Å². The zero-order valence-corrected chi connectivity index (χ0v) is 14.7. The molecule has 2 heterocycles. The number of benzene rings is 1. The van der Waals surface area contributed by atoms with Crippen molar-refractivity contribution in [3.05, 3.63) is 30.1 Å². The van der Waals surface area contributed by atoms with E-state index >= 15 is 0 Å². The van der Waals surface area contributed by atoms with Crippen molar-refractivity contribution < 1.29 is 27.2 Å². The van der Waals surface area contributed by atoms with E-state index in [1.54, 1.807) is 0 Å². The molecule has 0 aromatic heterocycles. The number of hydrogen-bond acceptors (Lipinski definition) is 5. The van der Waals surface area contributed by atoms with Crippen LogP contribution in [0.2, 0.25) is 0 Å². The van der Waals surface area contributed by atoms with E-state index in [0.29, 0.717) is 0 Å². The summed E-state index contributed by atoms with van der Waals surface area (Å²) in [6.45, 7) is 0.202. The molecule has 1 aromatic rings. The number of hydrogen-bond donors (Lipinski definition) is 0. The SMILES string of the molecule is O=C(CN1C(=O)CCC1=O)N1CCN(S(=O)(=O)c2ccc(F)cc2)CC1. The van der Waals surface area contributed by atoms with E-state index < -0.39 is 15.8 Å². The molecule has 140 valence electrons. The van der Waals surface area contributed by atoms with Gasteiger partial charge >= 0.3 is 0 Å². The predicted octanol–water partition coefficient (Wildman–Crippen LogP) is -0.192. The number of carbonyl (C=O) groups is 3. The summed E-state index contributed by atoms with van der Waals surface area (Å²) in [7, 11) is -3.76.